The molecule has 7 heteroatoms. The van der Waals surface area contributed by atoms with Gasteiger partial charge in [-0.05, 0) is 41.8 Å². The number of aryl methyl sites for hydroxylation is 1. The molecule has 0 spiro atoms. The van der Waals surface area contributed by atoms with E-state index in [4.69, 9.17) is 0 Å². The number of halogens is 1. The van der Waals surface area contributed by atoms with Crippen molar-refractivity contribution in [1.29, 1.82) is 0 Å². The molecule has 2 heterocycles. The summed E-state index contributed by atoms with van der Waals surface area (Å²) in [5.41, 5.74) is 0. The molecule has 1 aromatic heterocycles. The van der Waals surface area contributed by atoms with Crippen LogP contribution in [0.3, 0.4) is 0 Å². The van der Waals surface area contributed by atoms with Crippen molar-refractivity contribution in [3.8, 4) is 0 Å². The van der Waals surface area contributed by atoms with E-state index in [-0.39, 0.29) is 6.04 Å². The Balaban J connectivity index is 2.25. The van der Waals surface area contributed by atoms with Crippen molar-refractivity contribution < 1.29 is 8.42 Å². The van der Waals surface area contributed by atoms with E-state index in [9.17, 15) is 8.42 Å². The first-order valence-electron chi connectivity index (χ1n) is 7.33. The van der Waals surface area contributed by atoms with Crippen molar-refractivity contribution in [3.05, 3.63) is 14.7 Å². The Bertz CT molecular complexity index is 584. The Labute approximate surface area is 140 Å². The lowest BCUT2D eigenvalue weighted by molar-refractivity contribution is 0.242. The molecular weight excluding hydrogens is 372 g/mol. The molecule has 4 nitrogen and oxygen atoms in total. The summed E-state index contributed by atoms with van der Waals surface area (Å²) in [4.78, 5) is 1.30. The maximum atomic E-state index is 13.0. The van der Waals surface area contributed by atoms with Crippen LogP contribution in [0.4, 0.5) is 0 Å². The summed E-state index contributed by atoms with van der Waals surface area (Å²) in [6.45, 7) is 7.39. The number of hydrogen-bond acceptors (Lipinski definition) is 4. The van der Waals surface area contributed by atoms with Crippen molar-refractivity contribution in [1.82, 2.24) is 9.62 Å². The molecule has 21 heavy (non-hydrogen) atoms. The van der Waals surface area contributed by atoms with Gasteiger partial charge in [0.25, 0.3) is 0 Å². The van der Waals surface area contributed by atoms with Gasteiger partial charge in [0.15, 0.2) is 0 Å². The van der Waals surface area contributed by atoms with Crippen molar-refractivity contribution >= 4 is 37.3 Å². The Kier molecular flexibility index (Phi) is 5.87. The zero-order chi connectivity index (χ0) is 15.6. The monoisotopic (exact) mass is 394 g/mol. The van der Waals surface area contributed by atoms with E-state index in [0.29, 0.717) is 17.5 Å². The largest absolute Gasteiger partial charge is 0.313 e. The van der Waals surface area contributed by atoms with Crippen molar-refractivity contribution in [3.63, 3.8) is 0 Å². The van der Waals surface area contributed by atoms with Gasteiger partial charge in [-0.2, -0.15) is 4.31 Å². The molecule has 1 unspecified atom stereocenters. The molecule has 0 aromatic carbocycles. The third kappa shape index (κ3) is 4.07. The fourth-order valence-corrected chi connectivity index (χ4v) is 6.76. The molecule has 1 atom stereocenters. The molecule has 1 fully saturated rings. The van der Waals surface area contributed by atoms with E-state index < -0.39 is 10.0 Å². The van der Waals surface area contributed by atoms with Crippen LogP contribution in [-0.4, -0.2) is 37.9 Å². The predicted molar refractivity (Wildman–Crippen MR) is 91.4 cm³/mol. The second-order valence-corrected chi connectivity index (χ2v) is 10.3. The Morgan fingerprint density at radius 3 is 2.76 bits per heavy atom. The summed E-state index contributed by atoms with van der Waals surface area (Å²) in [7, 11) is -3.40. The molecule has 0 radical (unpaired) electrons. The van der Waals surface area contributed by atoms with Crippen molar-refractivity contribution in [2.75, 3.05) is 13.1 Å². The Morgan fingerprint density at radius 1 is 1.48 bits per heavy atom. The first-order chi connectivity index (χ1) is 9.82. The minimum atomic E-state index is -3.40. The first kappa shape index (κ1) is 17.4. The van der Waals surface area contributed by atoms with Crippen molar-refractivity contribution in [2.45, 2.75) is 57.0 Å². The number of hydrogen-bond donors (Lipinski definition) is 1. The highest BCUT2D eigenvalue weighted by molar-refractivity contribution is 9.11. The zero-order valence-corrected chi connectivity index (χ0v) is 15.9. The molecule has 120 valence electrons. The van der Waals surface area contributed by atoms with Crippen LogP contribution in [0.1, 0.15) is 38.0 Å². The molecular formula is C14H23BrN2O2S2. The third-order valence-corrected chi connectivity index (χ3v) is 7.52. The van der Waals surface area contributed by atoms with Gasteiger partial charge in [-0.15, -0.1) is 11.3 Å². The molecule has 2 rings (SSSR count). The fourth-order valence-electron chi connectivity index (χ4n) is 2.68. The number of sulfonamides is 1. The highest BCUT2D eigenvalue weighted by atomic mass is 79.9. The van der Waals surface area contributed by atoms with Gasteiger partial charge in [0.2, 0.25) is 10.0 Å². The molecule has 1 aromatic rings. The molecule has 0 bridgehead atoms. The number of piperidine rings is 1. The normalized spacial score (nSPS) is 21.1. The smallest absolute Gasteiger partial charge is 0.244 e. The lowest BCUT2D eigenvalue weighted by atomic mass is 10.0. The maximum Gasteiger partial charge on any atom is 0.244 e. The molecule has 0 saturated carbocycles. The Hall–Kier alpha value is 0.0500. The lowest BCUT2D eigenvalue weighted by Crippen LogP contribution is -2.49. The first-order valence-corrected chi connectivity index (χ1v) is 10.4. The molecule has 1 N–H and O–H groups in total. The van der Waals surface area contributed by atoms with Crippen LogP contribution < -0.4 is 5.32 Å². The summed E-state index contributed by atoms with van der Waals surface area (Å²) in [6, 6.07) is 2.16. The van der Waals surface area contributed by atoms with Gasteiger partial charge in [-0.3, -0.25) is 0 Å². The van der Waals surface area contributed by atoms with Gasteiger partial charge in [0.1, 0.15) is 0 Å². The van der Waals surface area contributed by atoms with Gasteiger partial charge < -0.3 is 5.32 Å². The average molecular weight is 395 g/mol. The number of thiophene rings is 1. The standard InChI is InChI=1S/C14H23BrN2O2S2/c1-10(2)16-9-12-6-4-5-7-17(12)21(18,19)13-8-14(15)20-11(13)3/h8,10,12,16H,4-7,9H2,1-3H3. The van der Waals surface area contributed by atoms with Crippen LogP contribution in [0.15, 0.2) is 14.7 Å². The number of nitrogens with one attached hydrogen (secondary N) is 1. The average Bonchev–Trinajstić information content (AvgIpc) is 2.76. The quantitative estimate of drug-likeness (QED) is 0.832. The second kappa shape index (κ2) is 7.08. The van der Waals surface area contributed by atoms with E-state index in [1.54, 1.807) is 10.4 Å². The minimum Gasteiger partial charge on any atom is -0.313 e. The van der Waals surface area contributed by atoms with Gasteiger partial charge in [0, 0.05) is 30.1 Å². The topological polar surface area (TPSA) is 49.4 Å². The van der Waals surface area contributed by atoms with Crippen LogP contribution in [0.2, 0.25) is 0 Å². The van der Waals surface area contributed by atoms with E-state index in [1.165, 1.54) is 11.3 Å². The summed E-state index contributed by atoms with van der Waals surface area (Å²) < 4.78 is 28.5. The molecule has 0 amide bonds. The van der Waals surface area contributed by atoms with Crippen LogP contribution in [0.25, 0.3) is 0 Å². The number of nitrogens with zero attached hydrogens (tertiary/aromatic N) is 1. The second-order valence-electron chi connectivity index (χ2n) is 5.80. The lowest BCUT2D eigenvalue weighted by Gasteiger charge is -2.35. The molecule has 1 aliphatic heterocycles. The van der Waals surface area contributed by atoms with E-state index >= 15 is 0 Å². The van der Waals surface area contributed by atoms with Crippen LogP contribution in [-0.2, 0) is 10.0 Å². The van der Waals surface area contributed by atoms with Gasteiger partial charge in [-0.25, -0.2) is 8.42 Å². The third-order valence-electron chi connectivity index (χ3n) is 3.76. The van der Waals surface area contributed by atoms with Crippen LogP contribution >= 0.6 is 27.3 Å². The van der Waals surface area contributed by atoms with Gasteiger partial charge in [-0.1, -0.05) is 20.3 Å². The Morgan fingerprint density at radius 2 is 2.19 bits per heavy atom. The molecule has 0 aliphatic carbocycles. The fraction of sp³-hybridized carbons (Fsp3) is 0.714. The van der Waals surface area contributed by atoms with Gasteiger partial charge >= 0.3 is 0 Å². The predicted octanol–water partition coefficient (Wildman–Crippen LogP) is 3.36. The maximum absolute atomic E-state index is 13.0. The highest BCUT2D eigenvalue weighted by Gasteiger charge is 2.34. The summed E-state index contributed by atoms with van der Waals surface area (Å²) >= 11 is 4.86. The zero-order valence-electron chi connectivity index (χ0n) is 12.7. The van der Waals surface area contributed by atoms with Crippen LogP contribution in [0, 0.1) is 6.92 Å². The minimum absolute atomic E-state index is 0.0595. The van der Waals surface area contributed by atoms with Gasteiger partial charge in [0.05, 0.1) is 8.68 Å². The van der Waals surface area contributed by atoms with E-state index in [0.717, 1.165) is 34.5 Å². The summed E-state index contributed by atoms with van der Waals surface area (Å²) in [6.07, 6.45) is 2.98. The van der Waals surface area contributed by atoms with E-state index in [2.05, 4.69) is 35.1 Å². The highest BCUT2D eigenvalue weighted by Crippen LogP contribution is 2.33. The number of rotatable bonds is 5. The van der Waals surface area contributed by atoms with E-state index in [1.807, 2.05) is 6.92 Å². The SMILES string of the molecule is Cc1sc(Br)cc1S(=O)(=O)N1CCCCC1CNC(C)C. The molecule has 1 aliphatic rings. The molecule has 1 saturated heterocycles. The summed E-state index contributed by atoms with van der Waals surface area (Å²) in [5, 5.41) is 3.38. The van der Waals surface area contributed by atoms with Crippen molar-refractivity contribution in [2.24, 2.45) is 0 Å². The summed E-state index contributed by atoms with van der Waals surface area (Å²) in [5.74, 6) is 0. The van der Waals surface area contributed by atoms with Crippen LogP contribution in [0.5, 0.6) is 0 Å².